The van der Waals surface area contributed by atoms with Crippen LogP contribution < -0.4 is 10.1 Å². The maximum absolute atomic E-state index is 13.0. The Labute approximate surface area is 184 Å². The molecular weight excluding hydrogens is 442 g/mol. The highest BCUT2D eigenvalue weighted by molar-refractivity contribution is 7.91. The first kappa shape index (κ1) is 24.0. The van der Waals surface area contributed by atoms with Gasteiger partial charge in [0.2, 0.25) is 15.9 Å². The van der Waals surface area contributed by atoms with Gasteiger partial charge in [0.15, 0.2) is 9.84 Å². The van der Waals surface area contributed by atoms with Gasteiger partial charge in [0, 0.05) is 38.0 Å². The van der Waals surface area contributed by atoms with Gasteiger partial charge in [-0.15, -0.1) is 0 Å². The van der Waals surface area contributed by atoms with E-state index in [0.29, 0.717) is 38.0 Å². The molecule has 1 heterocycles. The van der Waals surface area contributed by atoms with Gasteiger partial charge >= 0.3 is 0 Å². The van der Waals surface area contributed by atoms with Crippen molar-refractivity contribution in [3.63, 3.8) is 0 Å². The molecule has 1 unspecified atom stereocenters. The zero-order valence-corrected chi connectivity index (χ0v) is 19.6. The number of hydrogen-bond acceptors (Lipinski definition) is 7. The highest BCUT2D eigenvalue weighted by Crippen LogP contribution is 2.22. The van der Waals surface area contributed by atoms with E-state index in [0.717, 1.165) is 12.8 Å². The molecule has 9 nitrogen and oxygen atoms in total. The molecule has 1 amide bonds. The second-order valence-corrected chi connectivity index (χ2v) is 12.4. The lowest BCUT2D eigenvalue weighted by Crippen LogP contribution is -2.55. The van der Waals surface area contributed by atoms with Crippen molar-refractivity contribution in [2.75, 3.05) is 44.3 Å². The first-order valence-corrected chi connectivity index (χ1v) is 13.9. The number of ether oxygens (including phenoxy) is 1. The lowest BCUT2D eigenvalue weighted by Gasteiger charge is -2.36. The third kappa shape index (κ3) is 6.41. The van der Waals surface area contributed by atoms with E-state index in [4.69, 9.17) is 4.74 Å². The summed E-state index contributed by atoms with van der Waals surface area (Å²) in [6.07, 6.45) is 2.07. The quantitative estimate of drug-likeness (QED) is 0.526. The molecule has 1 aromatic carbocycles. The van der Waals surface area contributed by atoms with Crippen molar-refractivity contribution in [3.8, 4) is 5.75 Å². The Kier molecular flexibility index (Phi) is 7.61. The van der Waals surface area contributed by atoms with Crippen LogP contribution in [0.3, 0.4) is 0 Å². The number of nitrogens with one attached hydrogen (secondary N) is 1. The van der Waals surface area contributed by atoms with Crippen LogP contribution in [-0.4, -0.2) is 88.3 Å². The minimum Gasteiger partial charge on any atom is -0.493 e. The summed E-state index contributed by atoms with van der Waals surface area (Å²) < 4.78 is 55.8. The number of rotatable bonds is 10. The number of benzene rings is 1. The Hall–Kier alpha value is -1.69. The molecule has 0 aromatic heterocycles. The monoisotopic (exact) mass is 473 g/mol. The molecule has 11 heteroatoms. The van der Waals surface area contributed by atoms with E-state index < -0.39 is 19.9 Å². The summed E-state index contributed by atoms with van der Waals surface area (Å²) in [5.41, 5.74) is 0. The highest BCUT2D eigenvalue weighted by Gasteiger charge is 2.33. The fraction of sp³-hybridized carbons (Fsp3) is 0.650. The van der Waals surface area contributed by atoms with Crippen molar-refractivity contribution in [2.45, 2.75) is 43.7 Å². The topological polar surface area (TPSA) is 113 Å². The van der Waals surface area contributed by atoms with Gasteiger partial charge < -0.3 is 10.1 Å². The van der Waals surface area contributed by atoms with Crippen LogP contribution in [0.2, 0.25) is 0 Å². The van der Waals surface area contributed by atoms with Gasteiger partial charge in [0.05, 0.1) is 16.7 Å². The molecule has 174 valence electrons. The molecule has 1 saturated heterocycles. The lowest BCUT2D eigenvalue weighted by atomic mass is 10.2. The minimum absolute atomic E-state index is 0.00105. The van der Waals surface area contributed by atoms with Gasteiger partial charge in [-0.3, -0.25) is 9.69 Å². The number of carbonyl (C=O) groups excluding carboxylic acids is 1. The Morgan fingerprint density at radius 3 is 2.26 bits per heavy atom. The van der Waals surface area contributed by atoms with Crippen molar-refractivity contribution in [1.82, 2.24) is 14.5 Å². The summed E-state index contributed by atoms with van der Waals surface area (Å²) in [4.78, 5) is 14.4. The van der Waals surface area contributed by atoms with Crippen molar-refractivity contribution >= 4 is 25.8 Å². The summed E-state index contributed by atoms with van der Waals surface area (Å²) >= 11 is 0. The van der Waals surface area contributed by atoms with Crippen LogP contribution in [0.1, 0.15) is 26.7 Å². The molecule has 3 rings (SSSR count). The first-order chi connectivity index (χ1) is 14.6. The summed E-state index contributed by atoms with van der Waals surface area (Å²) in [6.45, 7) is 5.08. The second kappa shape index (κ2) is 9.85. The Bertz CT molecular complexity index is 967. The van der Waals surface area contributed by atoms with Crippen LogP contribution in [-0.2, 0) is 24.7 Å². The fourth-order valence-corrected chi connectivity index (χ4v) is 5.38. The molecular formula is C20H31N3O6S2. The lowest BCUT2D eigenvalue weighted by molar-refractivity contribution is -0.126. The molecule has 0 radical (unpaired) electrons. The van der Waals surface area contributed by atoms with E-state index >= 15 is 0 Å². The molecule has 2 fully saturated rings. The van der Waals surface area contributed by atoms with Gasteiger partial charge in [-0.2, -0.15) is 4.31 Å². The van der Waals surface area contributed by atoms with Gasteiger partial charge in [0.25, 0.3) is 0 Å². The van der Waals surface area contributed by atoms with E-state index in [1.54, 1.807) is 6.92 Å². The van der Waals surface area contributed by atoms with Gasteiger partial charge in [0.1, 0.15) is 12.4 Å². The molecule has 0 bridgehead atoms. The maximum atomic E-state index is 13.0. The SMILES string of the molecule is CCS(=O)(=O)CCOc1ccc(S(=O)(=O)N2CCN(C(C)C(=O)NC3CC3)CC2)cc1. The summed E-state index contributed by atoms with van der Waals surface area (Å²) in [5, 5.41) is 2.99. The van der Waals surface area contributed by atoms with E-state index in [1.165, 1.54) is 28.6 Å². The largest absolute Gasteiger partial charge is 0.493 e. The molecule has 1 saturated carbocycles. The van der Waals surface area contributed by atoms with E-state index in [9.17, 15) is 21.6 Å². The van der Waals surface area contributed by atoms with E-state index in [2.05, 4.69) is 5.32 Å². The average molecular weight is 474 g/mol. The van der Waals surface area contributed by atoms with E-state index in [-0.39, 0.29) is 35.0 Å². The molecule has 1 aromatic rings. The van der Waals surface area contributed by atoms with Crippen LogP contribution >= 0.6 is 0 Å². The minimum atomic E-state index is -3.65. The number of carbonyl (C=O) groups is 1. The normalized spacial score (nSPS) is 19.7. The van der Waals surface area contributed by atoms with E-state index in [1.807, 2.05) is 11.8 Å². The number of sulfone groups is 1. The highest BCUT2D eigenvalue weighted by atomic mass is 32.2. The third-order valence-electron chi connectivity index (χ3n) is 5.69. The number of hydrogen-bond donors (Lipinski definition) is 1. The van der Waals surface area contributed by atoms with Gasteiger partial charge in [-0.05, 0) is 44.0 Å². The van der Waals surface area contributed by atoms with Crippen LogP contribution in [0.4, 0.5) is 0 Å². The molecule has 2 aliphatic rings. The Morgan fingerprint density at radius 1 is 1.10 bits per heavy atom. The average Bonchev–Trinajstić information content (AvgIpc) is 3.57. The zero-order valence-electron chi connectivity index (χ0n) is 18.0. The van der Waals surface area contributed by atoms with Gasteiger partial charge in [-0.1, -0.05) is 6.92 Å². The molecule has 1 aliphatic heterocycles. The molecule has 0 spiro atoms. The number of amides is 1. The Morgan fingerprint density at radius 2 is 1.71 bits per heavy atom. The molecule has 31 heavy (non-hydrogen) atoms. The second-order valence-electron chi connectivity index (χ2n) is 7.96. The molecule has 1 N–H and O–H groups in total. The summed E-state index contributed by atoms with van der Waals surface area (Å²) in [5.74, 6) is 0.405. The predicted octanol–water partition coefficient (Wildman–Crippen LogP) is 0.474. The van der Waals surface area contributed by atoms with Crippen molar-refractivity contribution in [2.24, 2.45) is 0 Å². The number of piperazine rings is 1. The van der Waals surface area contributed by atoms with Crippen molar-refractivity contribution in [1.29, 1.82) is 0 Å². The molecule has 1 aliphatic carbocycles. The zero-order chi connectivity index (χ0) is 22.6. The third-order valence-corrected chi connectivity index (χ3v) is 9.27. The summed E-state index contributed by atoms with van der Waals surface area (Å²) in [7, 11) is -6.76. The van der Waals surface area contributed by atoms with Gasteiger partial charge in [-0.25, -0.2) is 16.8 Å². The Balaban J connectivity index is 1.52. The standard InChI is InChI=1S/C20H31N3O6S2/c1-3-30(25,26)15-14-29-18-6-8-19(9-7-18)31(27,28)23-12-10-22(11-13-23)16(2)20(24)21-17-4-5-17/h6-9,16-17H,3-5,10-15H2,1-2H3,(H,21,24). The number of nitrogens with zero attached hydrogens (tertiary/aromatic N) is 2. The van der Waals surface area contributed by atoms with Crippen LogP contribution in [0.15, 0.2) is 29.2 Å². The van der Waals surface area contributed by atoms with Crippen LogP contribution in [0.25, 0.3) is 0 Å². The van der Waals surface area contributed by atoms with Crippen molar-refractivity contribution in [3.05, 3.63) is 24.3 Å². The maximum Gasteiger partial charge on any atom is 0.243 e. The predicted molar refractivity (Wildman–Crippen MR) is 117 cm³/mol. The smallest absolute Gasteiger partial charge is 0.243 e. The van der Waals surface area contributed by atoms with Crippen LogP contribution in [0, 0.1) is 0 Å². The summed E-state index contributed by atoms with van der Waals surface area (Å²) in [6, 6.07) is 6.03. The first-order valence-electron chi connectivity index (χ1n) is 10.6. The van der Waals surface area contributed by atoms with Crippen LogP contribution in [0.5, 0.6) is 5.75 Å². The molecule has 1 atom stereocenters. The number of sulfonamides is 1. The fourth-order valence-electron chi connectivity index (χ4n) is 3.33. The van der Waals surface area contributed by atoms with Crippen molar-refractivity contribution < 1.29 is 26.4 Å².